The summed E-state index contributed by atoms with van der Waals surface area (Å²) < 4.78 is 5.23. The Labute approximate surface area is 82.9 Å². The number of carboxylic acids is 1. The van der Waals surface area contributed by atoms with Gasteiger partial charge in [0, 0.05) is 18.6 Å². The van der Waals surface area contributed by atoms with Crippen LogP contribution in [0.5, 0.6) is 0 Å². The zero-order valence-electron chi connectivity index (χ0n) is 8.16. The van der Waals surface area contributed by atoms with Gasteiger partial charge in [-0.2, -0.15) is 0 Å². The Bertz CT molecular complexity index is 245. The summed E-state index contributed by atoms with van der Waals surface area (Å²) >= 11 is 0. The number of aliphatic hydroxyl groups is 1. The van der Waals surface area contributed by atoms with Crippen LogP contribution in [0.3, 0.4) is 0 Å². The Balaban J connectivity index is 2.27. The molecule has 0 bridgehead atoms. The van der Waals surface area contributed by atoms with Gasteiger partial charge in [0.15, 0.2) is 5.60 Å². The number of hydrogen-bond donors (Lipinski definition) is 2. The number of carboxylic acid groups (broad SMARTS) is 1. The van der Waals surface area contributed by atoms with Gasteiger partial charge >= 0.3 is 5.97 Å². The molecule has 2 N–H and O–H groups in total. The minimum Gasteiger partial charge on any atom is -0.479 e. The van der Waals surface area contributed by atoms with Crippen LogP contribution in [-0.2, 0) is 9.53 Å². The highest BCUT2D eigenvalue weighted by atomic mass is 16.5. The first-order valence-electron chi connectivity index (χ1n) is 5.14. The molecule has 1 saturated heterocycles. The van der Waals surface area contributed by atoms with Crippen molar-refractivity contribution in [2.75, 3.05) is 13.2 Å². The molecule has 0 aromatic carbocycles. The highest BCUT2D eigenvalue weighted by Crippen LogP contribution is 2.52. The van der Waals surface area contributed by atoms with Crippen molar-refractivity contribution in [3.8, 4) is 0 Å². The molecular formula is C10H16O4. The van der Waals surface area contributed by atoms with E-state index in [-0.39, 0.29) is 0 Å². The summed E-state index contributed by atoms with van der Waals surface area (Å²) in [7, 11) is 0. The predicted molar refractivity (Wildman–Crippen MR) is 48.9 cm³/mol. The summed E-state index contributed by atoms with van der Waals surface area (Å²) in [6.45, 7) is 1.16. The largest absolute Gasteiger partial charge is 0.479 e. The van der Waals surface area contributed by atoms with Gasteiger partial charge in [0.05, 0.1) is 0 Å². The van der Waals surface area contributed by atoms with Gasteiger partial charge in [-0.15, -0.1) is 0 Å². The third-order valence-electron chi connectivity index (χ3n) is 3.87. The van der Waals surface area contributed by atoms with Crippen molar-refractivity contribution in [1.82, 2.24) is 0 Å². The average molecular weight is 200 g/mol. The summed E-state index contributed by atoms with van der Waals surface area (Å²) in [4.78, 5) is 11.1. The zero-order chi connectivity index (χ0) is 10.2. The quantitative estimate of drug-likeness (QED) is 0.656. The molecule has 0 amide bonds. The van der Waals surface area contributed by atoms with Gasteiger partial charge in [-0.3, -0.25) is 0 Å². The SMILES string of the molecule is O=C(O)C1(O)CCCC12CCOCC2. The second-order valence-electron chi connectivity index (χ2n) is 4.41. The summed E-state index contributed by atoms with van der Waals surface area (Å²) in [5.41, 5.74) is -1.92. The third kappa shape index (κ3) is 1.17. The summed E-state index contributed by atoms with van der Waals surface area (Å²) in [6.07, 6.45) is 3.37. The summed E-state index contributed by atoms with van der Waals surface area (Å²) in [5, 5.41) is 19.3. The van der Waals surface area contributed by atoms with Crippen LogP contribution in [-0.4, -0.2) is 35.0 Å². The van der Waals surface area contributed by atoms with Crippen LogP contribution < -0.4 is 0 Å². The normalized spacial score (nSPS) is 36.1. The van der Waals surface area contributed by atoms with Gasteiger partial charge in [0.2, 0.25) is 0 Å². The van der Waals surface area contributed by atoms with Crippen molar-refractivity contribution < 1.29 is 19.7 Å². The lowest BCUT2D eigenvalue weighted by atomic mass is 9.69. The predicted octanol–water partition coefficient (Wildman–Crippen LogP) is 0.783. The van der Waals surface area contributed by atoms with E-state index in [1.807, 2.05) is 0 Å². The first-order chi connectivity index (χ1) is 6.61. The Kier molecular flexibility index (Phi) is 2.27. The van der Waals surface area contributed by atoms with Crippen LogP contribution >= 0.6 is 0 Å². The minimum absolute atomic E-state index is 0.391. The monoisotopic (exact) mass is 200 g/mol. The Morgan fingerprint density at radius 1 is 1.14 bits per heavy atom. The van der Waals surface area contributed by atoms with E-state index in [4.69, 9.17) is 9.84 Å². The fourth-order valence-electron chi connectivity index (χ4n) is 2.91. The number of rotatable bonds is 1. The molecule has 1 spiro atoms. The van der Waals surface area contributed by atoms with Gasteiger partial charge in [-0.1, -0.05) is 0 Å². The van der Waals surface area contributed by atoms with Gasteiger partial charge in [-0.25, -0.2) is 4.79 Å². The van der Waals surface area contributed by atoms with E-state index in [9.17, 15) is 9.90 Å². The molecule has 80 valence electrons. The van der Waals surface area contributed by atoms with Gasteiger partial charge < -0.3 is 14.9 Å². The van der Waals surface area contributed by atoms with Gasteiger partial charge in [-0.05, 0) is 32.1 Å². The number of ether oxygens (including phenoxy) is 1. The van der Waals surface area contributed by atoms with E-state index >= 15 is 0 Å². The van der Waals surface area contributed by atoms with E-state index in [0.717, 1.165) is 12.8 Å². The van der Waals surface area contributed by atoms with E-state index in [2.05, 4.69) is 0 Å². The van der Waals surface area contributed by atoms with Crippen LogP contribution in [0.2, 0.25) is 0 Å². The van der Waals surface area contributed by atoms with E-state index in [1.165, 1.54) is 0 Å². The van der Waals surface area contributed by atoms with Gasteiger partial charge in [0.1, 0.15) is 0 Å². The van der Waals surface area contributed by atoms with Crippen molar-refractivity contribution in [2.24, 2.45) is 5.41 Å². The summed E-state index contributed by atoms with van der Waals surface area (Å²) in [6, 6.07) is 0. The fourth-order valence-corrected chi connectivity index (χ4v) is 2.91. The topological polar surface area (TPSA) is 66.8 Å². The lowest BCUT2D eigenvalue weighted by Crippen LogP contribution is -2.52. The molecule has 1 aliphatic carbocycles. The molecule has 1 aliphatic heterocycles. The Morgan fingerprint density at radius 2 is 1.79 bits per heavy atom. The highest BCUT2D eigenvalue weighted by Gasteiger charge is 2.58. The Hall–Kier alpha value is -0.610. The van der Waals surface area contributed by atoms with Crippen molar-refractivity contribution in [3.63, 3.8) is 0 Å². The molecule has 4 heteroatoms. The molecule has 2 rings (SSSR count). The fraction of sp³-hybridized carbons (Fsp3) is 0.900. The Morgan fingerprint density at radius 3 is 2.36 bits per heavy atom. The van der Waals surface area contributed by atoms with Crippen LogP contribution in [0, 0.1) is 5.41 Å². The maximum Gasteiger partial charge on any atom is 0.336 e. The molecule has 2 fully saturated rings. The summed E-state index contributed by atoms with van der Waals surface area (Å²) in [5.74, 6) is -1.06. The lowest BCUT2D eigenvalue weighted by molar-refractivity contribution is -0.179. The first-order valence-corrected chi connectivity index (χ1v) is 5.14. The minimum atomic E-state index is -1.50. The number of hydrogen-bond acceptors (Lipinski definition) is 3. The van der Waals surface area contributed by atoms with Crippen molar-refractivity contribution in [1.29, 1.82) is 0 Å². The number of carbonyl (C=O) groups is 1. The number of aliphatic carboxylic acids is 1. The maximum absolute atomic E-state index is 11.1. The third-order valence-corrected chi connectivity index (χ3v) is 3.87. The molecule has 1 heterocycles. The molecule has 2 aliphatic rings. The highest BCUT2D eigenvalue weighted by molar-refractivity contribution is 5.79. The molecular weight excluding hydrogens is 184 g/mol. The molecule has 0 aromatic rings. The zero-order valence-corrected chi connectivity index (χ0v) is 8.16. The van der Waals surface area contributed by atoms with Crippen LogP contribution in [0.1, 0.15) is 32.1 Å². The lowest BCUT2D eigenvalue weighted by Gasteiger charge is -2.42. The molecule has 14 heavy (non-hydrogen) atoms. The van der Waals surface area contributed by atoms with Crippen molar-refractivity contribution in [3.05, 3.63) is 0 Å². The first kappa shape index (κ1) is 9.93. The van der Waals surface area contributed by atoms with Crippen molar-refractivity contribution >= 4 is 5.97 Å². The molecule has 1 atom stereocenters. The second-order valence-corrected chi connectivity index (χ2v) is 4.41. The standard InChI is InChI=1S/C10H16O4/c11-8(12)10(13)3-1-2-9(10)4-6-14-7-5-9/h13H,1-7H2,(H,11,12). The second kappa shape index (κ2) is 3.21. The van der Waals surface area contributed by atoms with Crippen LogP contribution in [0.15, 0.2) is 0 Å². The van der Waals surface area contributed by atoms with Gasteiger partial charge in [0.25, 0.3) is 0 Å². The van der Waals surface area contributed by atoms with E-state index < -0.39 is 17.0 Å². The van der Waals surface area contributed by atoms with E-state index in [1.54, 1.807) is 0 Å². The average Bonchev–Trinajstić information content (AvgIpc) is 2.47. The smallest absolute Gasteiger partial charge is 0.336 e. The molecule has 4 nitrogen and oxygen atoms in total. The van der Waals surface area contributed by atoms with E-state index in [0.29, 0.717) is 32.5 Å². The van der Waals surface area contributed by atoms with Crippen molar-refractivity contribution in [2.45, 2.75) is 37.7 Å². The molecule has 1 unspecified atom stereocenters. The van der Waals surface area contributed by atoms with Crippen LogP contribution in [0.25, 0.3) is 0 Å². The van der Waals surface area contributed by atoms with Crippen LogP contribution in [0.4, 0.5) is 0 Å². The molecule has 0 aromatic heterocycles. The molecule has 1 saturated carbocycles. The molecule has 0 radical (unpaired) electrons. The maximum atomic E-state index is 11.1.